The highest BCUT2D eigenvalue weighted by atomic mass is 79.9. The molecule has 0 unspecified atom stereocenters. The number of amides is 1. The molecule has 0 aliphatic rings. The summed E-state index contributed by atoms with van der Waals surface area (Å²) < 4.78 is 0.857. The van der Waals surface area contributed by atoms with Crippen molar-refractivity contribution >= 4 is 32.7 Å². The number of hydrogen-bond donors (Lipinski definition) is 2. The molecule has 2 N–H and O–H groups in total. The van der Waals surface area contributed by atoms with E-state index in [1.54, 1.807) is 6.07 Å². The molecular weight excluding hydrogens is 368 g/mol. The van der Waals surface area contributed by atoms with E-state index in [1.807, 2.05) is 19.1 Å². The number of aromatic amines is 1. The van der Waals surface area contributed by atoms with Gasteiger partial charge in [-0.3, -0.25) is 9.59 Å². The van der Waals surface area contributed by atoms with Crippen molar-refractivity contribution in [1.29, 1.82) is 0 Å². The minimum Gasteiger partial charge on any atom is -0.352 e. The second-order valence-corrected chi connectivity index (χ2v) is 6.64. The molecule has 3 rings (SSSR count). The Kier molecular flexibility index (Phi) is 4.81. The Morgan fingerprint density at radius 1 is 1.12 bits per heavy atom. The summed E-state index contributed by atoms with van der Waals surface area (Å²) in [6.07, 6.45) is 0.747. The Hall–Kier alpha value is -2.40. The Bertz CT molecular complexity index is 946. The topological polar surface area (TPSA) is 62.0 Å². The van der Waals surface area contributed by atoms with E-state index in [1.165, 1.54) is 17.2 Å². The van der Waals surface area contributed by atoms with E-state index in [-0.39, 0.29) is 11.5 Å². The van der Waals surface area contributed by atoms with Crippen LogP contribution in [0.4, 0.5) is 0 Å². The third-order valence-electron chi connectivity index (χ3n) is 3.87. The molecule has 1 heterocycles. The molecule has 122 valence electrons. The standard InChI is InChI=1S/C19H17BrN2O2/c1-12-2-4-13(5-3-12)8-9-21-19(24)16-11-18(23)22-17-7-6-14(20)10-15(16)17/h2-7,10-11H,8-9H2,1H3,(H,21,24)(H,22,23). The largest absolute Gasteiger partial charge is 0.352 e. The van der Waals surface area contributed by atoms with Crippen LogP contribution in [0.15, 0.2) is 57.8 Å². The first kappa shape index (κ1) is 16.5. The Morgan fingerprint density at radius 2 is 1.88 bits per heavy atom. The van der Waals surface area contributed by atoms with Gasteiger partial charge < -0.3 is 10.3 Å². The van der Waals surface area contributed by atoms with Gasteiger partial charge >= 0.3 is 0 Å². The molecule has 0 fully saturated rings. The minimum atomic E-state index is -0.284. The van der Waals surface area contributed by atoms with Crippen LogP contribution in [0.3, 0.4) is 0 Å². The number of aromatic nitrogens is 1. The molecule has 0 aliphatic heterocycles. The van der Waals surface area contributed by atoms with E-state index < -0.39 is 0 Å². The number of aryl methyl sites for hydroxylation is 1. The van der Waals surface area contributed by atoms with Gasteiger partial charge in [-0.15, -0.1) is 0 Å². The van der Waals surface area contributed by atoms with E-state index in [2.05, 4.69) is 50.5 Å². The average Bonchev–Trinajstić information content (AvgIpc) is 2.56. The lowest BCUT2D eigenvalue weighted by molar-refractivity contribution is 0.0955. The number of pyridine rings is 1. The molecule has 2 aromatic carbocycles. The monoisotopic (exact) mass is 384 g/mol. The SMILES string of the molecule is Cc1ccc(CCNC(=O)c2cc(=O)[nH]c3ccc(Br)cc23)cc1. The molecule has 1 amide bonds. The zero-order valence-corrected chi connectivity index (χ0v) is 14.8. The van der Waals surface area contributed by atoms with Crippen molar-refractivity contribution in [1.82, 2.24) is 10.3 Å². The number of benzene rings is 2. The van der Waals surface area contributed by atoms with Crippen LogP contribution in [0, 0.1) is 6.92 Å². The number of H-pyrrole nitrogens is 1. The number of nitrogens with one attached hydrogen (secondary N) is 2. The van der Waals surface area contributed by atoms with Crippen molar-refractivity contribution in [2.45, 2.75) is 13.3 Å². The molecule has 0 bridgehead atoms. The predicted octanol–water partition coefficient (Wildman–Crippen LogP) is 3.57. The maximum Gasteiger partial charge on any atom is 0.252 e. The molecule has 0 saturated carbocycles. The van der Waals surface area contributed by atoms with Crippen LogP contribution in [-0.2, 0) is 6.42 Å². The highest BCUT2D eigenvalue weighted by Crippen LogP contribution is 2.20. The molecule has 0 saturated heterocycles. The number of hydrogen-bond acceptors (Lipinski definition) is 2. The van der Waals surface area contributed by atoms with Crippen molar-refractivity contribution in [3.8, 4) is 0 Å². The van der Waals surface area contributed by atoms with Crippen LogP contribution in [0.5, 0.6) is 0 Å². The second kappa shape index (κ2) is 7.01. The summed E-state index contributed by atoms with van der Waals surface area (Å²) in [5, 5.41) is 3.61. The normalized spacial score (nSPS) is 10.8. The molecule has 0 aliphatic carbocycles. The lowest BCUT2D eigenvalue weighted by Gasteiger charge is -2.08. The van der Waals surface area contributed by atoms with Crippen LogP contribution in [0.2, 0.25) is 0 Å². The van der Waals surface area contributed by atoms with Gasteiger partial charge in [-0.2, -0.15) is 0 Å². The molecule has 5 heteroatoms. The fourth-order valence-electron chi connectivity index (χ4n) is 2.58. The van der Waals surface area contributed by atoms with Crippen LogP contribution >= 0.6 is 15.9 Å². The van der Waals surface area contributed by atoms with Gasteiger partial charge in [0.1, 0.15) is 0 Å². The van der Waals surface area contributed by atoms with E-state index in [4.69, 9.17) is 0 Å². The highest BCUT2D eigenvalue weighted by molar-refractivity contribution is 9.10. The number of halogens is 1. The quantitative estimate of drug-likeness (QED) is 0.721. The van der Waals surface area contributed by atoms with E-state index in [0.717, 1.165) is 16.3 Å². The number of carbonyl (C=O) groups is 1. The van der Waals surface area contributed by atoms with Crippen molar-refractivity contribution < 1.29 is 4.79 Å². The van der Waals surface area contributed by atoms with Crippen molar-refractivity contribution in [2.75, 3.05) is 6.54 Å². The first-order valence-corrected chi connectivity index (χ1v) is 8.48. The van der Waals surface area contributed by atoms with Gasteiger partial charge in [0.15, 0.2) is 0 Å². The highest BCUT2D eigenvalue weighted by Gasteiger charge is 2.12. The van der Waals surface area contributed by atoms with Crippen molar-refractivity contribution in [3.05, 3.63) is 80.0 Å². The summed E-state index contributed by atoms with van der Waals surface area (Å²) in [7, 11) is 0. The Labute approximate surface area is 148 Å². The van der Waals surface area contributed by atoms with Gasteiger partial charge in [0.05, 0.1) is 5.56 Å². The number of carbonyl (C=O) groups excluding carboxylic acids is 1. The van der Waals surface area contributed by atoms with Gasteiger partial charge in [-0.1, -0.05) is 45.8 Å². The Balaban J connectivity index is 1.77. The molecule has 3 aromatic rings. The third-order valence-corrected chi connectivity index (χ3v) is 4.36. The van der Waals surface area contributed by atoms with Crippen LogP contribution in [0.25, 0.3) is 10.9 Å². The zero-order valence-electron chi connectivity index (χ0n) is 13.2. The lowest BCUT2D eigenvalue weighted by atomic mass is 10.1. The molecule has 4 nitrogen and oxygen atoms in total. The summed E-state index contributed by atoms with van der Waals surface area (Å²) in [6, 6.07) is 15.0. The molecule has 0 spiro atoms. The maximum atomic E-state index is 12.5. The molecule has 24 heavy (non-hydrogen) atoms. The summed E-state index contributed by atoms with van der Waals surface area (Å²) in [4.78, 5) is 27.0. The Morgan fingerprint density at radius 3 is 2.62 bits per heavy atom. The fraction of sp³-hybridized carbons (Fsp3) is 0.158. The third kappa shape index (κ3) is 3.74. The van der Waals surface area contributed by atoms with Gasteiger partial charge in [0, 0.05) is 28.0 Å². The van der Waals surface area contributed by atoms with Gasteiger partial charge in [0.2, 0.25) is 5.56 Å². The minimum absolute atomic E-state index is 0.240. The zero-order chi connectivity index (χ0) is 17.1. The van der Waals surface area contributed by atoms with Crippen molar-refractivity contribution in [3.63, 3.8) is 0 Å². The summed E-state index contributed by atoms with van der Waals surface area (Å²) >= 11 is 3.40. The molecule has 1 aromatic heterocycles. The average molecular weight is 385 g/mol. The van der Waals surface area contributed by atoms with E-state index in [0.29, 0.717) is 17.6 Å². The first-order valence-electron chi connectivity index (χ1n) is 7.69. The van der Waals surface area contributed by atoms with Gasteiger partial charge in [0.25, 0.3) is 5.91 Å². The smallest absolute Gasteiger partial charge is 0.252 e. The van der Waals surface area contributed by atoms with Gasteiger partial charge in [-0.05, 0) is 37.1 Å². The van der Waals surface area contributed by atoms with Crippen LogP contribution in [0.1, 0.15) is 21.5 Å². The lowest BCUT2D eigenvalue weighted by Crippen LogP contribution is -2.27. The van der Waals surface area contributed by atoms with Crippen molar-refractivity contribution in [2.24, 2.45) is 0 Å². The molecule has 0 atom stereocenters. The fourth-order valence-corrected chi connectivity index (χ4v) is 2.95. The second-order valence-electron chi connectivity index (χ2n) is 5.73. The van der Waals surface area contributed by atoms with E-state index in [9.17, 15) is 9.59 Å². The summed E-state index contributed by atoms with van der Waals surface area (Å²) in [5.41, 5.74) is 3.13. The first-order chi connectivity index (χ1) is 11.5. The number of rotatable bonds is 4. The maximum absolute atomic E-state index is 12.5. The number of fused-ring (bicyclic) bond motifs is 1. The summed E-state index contributed by atoms with van der Waals surface area (Å²) in [6.45, 7) is 2.56. The molecule has 0 radical (unpaired) electrons. The van der Waals surface area contributed by atoms with Gasteiger partial charge in [-0.25, -0.2) is 0 Å². The predicted molar refractivity (Wildman–Crippen MR) is 99.5 cm³/mol. The summed E-state index contributed by atoms with van der Waals surface area (Å²) in [5.74, 6) is -0.240. The van der Waals surface area contributed by atoms with Crippen LogP contribution < -0.4 is 10.9 Å². The van der Waals surface area contributed by atoms with E-state index >= 15 is 0 Å². The molecular formula is C19H17BrN2O2. The van der Waals surface area contributed by atoms with Crippen LogP contribution in [-0.4, -0.2) is 17.4 Å².